The highest BCUT2D eigenvalue weighted by molar-refractivity contribution is 6.17. The SMILES string of the molecule is CCc1ccc(CCl)cc1.CCc1ccccc1. The van der Waals surface area contributed by atoms with Crippen molar-refractivity contribution in [2.24, 2.45) is 0 Å². The van der Waals surface area contributed by atoms with Gasteiger partial charge in [-0.1, -0.05) is 68.4 Å². The van der Waals surface area contributed by atoms with E-state index in [-0.39, 0.29) is 0 Å². The van der Waals surface area contributed by atoms with E-state index < -0.39 is 0 Å². The summed E-state index contributed by atoms with van der Waals surface area (Å²) in [5, 5.41) is 0. The van der Waals surface area contributed by atoms with Gasteiger partial charge in [0.2, 0.25) is 0 Å². The van der Waals surface area contributed by atoms with Crippen molar-refractivity contribution < 1.29 is 0 Å². The molecule has 2 rings (SSSR count). The van der Waals surface area contributed by atoms with Gasteiger partial charge in [0, 0.05) is 5.88 Å². The molecule has 0 atom stereocenters. The van der Waals surface area contributed by atoms with Gasteiger partial charge < -0.3 is 0 Å². The van der Waals surface area contributed by atoms with Gasteiger partial charge in [-0.15, -0.1) is 11.6 Å². The quantitative estimate of drug-likeness (QED) is 0.663. The largest absolute Gasteiger partial charge is 0.122 e. The standard InChI is InChI=1S/C9H11Cl.C8H10/c1-2-8-3-5-9(7-10)6-4-8;1-2-8-6-4-3-5-7-8/h3-6H,2,7H2,1H3;3-7H,2H2,1H3. The predicted molar refractivity (Wildman–Crippen MR) is 81.2 cm³/mol. The summed E-state index contributed by atoms with van der Waals surface area (Å²) < 4.78 is 0. The smallest absolute Gasteiger partial charge is 0.0474 e. The van der Waals surface area contributed by atoms with Crippen LogP contribution < -0.4 is 0 Å². The molecule has 0 heterocycles. The molecule has 2 aromatic carbocycles. The average Bonchev–Trinajstić information content (AvgIpc) is 2.49. The summed E-state index contributed by atoms with van der Waals surface area (Å²) in [5.41, 5.74) is 3.97. The van der Waals surface area contributed by atoms with E-state index in [0.717, 1.165) is 12.8 Å². The minimum absolute atomic E-state index is 0.615. The van der Waals surface area contributed by atoms with Crippen LogP contribution in [0.25, 0.3) is 0 Å². The van der Waals surface area contributed by atoms with Crippen molar-refractivity contribution >= 4 is 11.6 Å². The van der Waals surface area contributed by atoms with E-state index in [9.17, 15) is 0 Å². The van der Waals surface area contributed by atoms with Crippen molar-refractivity contribution in [3.8, 4) is 0 Å². The third kappa shape index (κ3) is 5.37. The number of alkyl halides is 1. The Morgan fingerprint density at radius 1 is 0.667 bits per heavy atom. The van der Waals surface area contributed by atoms with E-state index in [2.05, 4.69) is 62.4 Å². The zero-order valence-electron chi connectivity index (χ0n) is 11.2. The zero-order valence-corrected chi connectivity index (χ0v) is 12.0. The summed E-state index contributed by atoms with van der Waals surface area (Å²) in [6.45, 7) is 4.31. The zero-order chi connectivity index (χ0) is 13.2. The molecule has 0 aliphatic heterocycles. The van der Waals surface area contributed by atoms with Gasteiger partial charge in [-0.3, -0.25) is 0 Å². The molecule has 18 heavy (non-hydrogen) atoms. The second-order valence-electron chi connectivity index (χ2n) is 4.14. The van der Waals surface area contributed by atoms with Crippen molar-refractivity contribution in [3.05, 3.63) is 71.3 Å². The first kappa shape index (κ1) is 14.8. The van der Waals surface area contributed by atoms with Gasteiger partial charge in [0.15, 0.2) is 0 Å². The lowest BCUT2D eigenvalue weighted by atomic mass is 10.1. The Kier molecular flexibility index (Phi) is 7.20. The Bertz CT molecular complexity index is 394. The summed E-state index contributed by atoms with van der Waals surface area (Å²) in [5.74, 6) is 0.615. The van der Waals surface area contributed by atoms with Crippen LogP contribution in [0, 0.1) is 0 Å². The highest BCUT2D eigenvalue weighted by atomic mass is 35.5. The molecule has 96 valence electrons. The molecular formula is C17H21Cl. The molecule has 2 aromatic rings. The molecule has 0 saturated carbocycles. The van der Waals surface area contributed by atoms with Crippen molar-refractivity contribution in [1.82, 2.24) is 0 Å². The summed E-state index contributed by atoms with van der Waals surface area (Å²) in [4.78, 5) is 0. The first-order valence-electron chi connectivity index (χ1n) is 6.47. The normalized spacial score (nSPS) is 9.50. The van der Waals surface area contributed by atoms with Crippen molar-refractivity contribution in [2.45, 2.75) is 32.6 Å². The molecule has 0 fully saturated rings. The lowest BCUT2D eigenvalue weighted by molar-refractivity contribution is 1.13. The van der Waals surface area contributed by atoms with Crippen LogP contribution in [0.4, 0.5) is 0 Å². The van der Waals surface area contributed by atoms with E-state index in [4.69, 9.17) is 11.6 Å². The minimum atomic E-state index is 0.615. The molecular weight excluding hydrogens is 240 g/mol. The summed E-state index contributed by atoms with van der Waals surface area (Å²) in [6, 6.07) is 18.9. The number of aryl methyl sites for hydroxylation is 2. The number of rotatable bonds is 3. The van der Waals surface area contributed by atoms with Gasteiger partial charge in [-0.05, 0) is 29.5 Å². The average molecular weight is 261 g/mol. The van der Waals surface area contributed by atoms with Crippen LogP contribution in [0.1, 0.15) is 30.5 Å². The van der Waals surface area contributed by atoms with Crippen LogP contribution in [0.5, 0.6) is 0 Å². The van der Waals surface area contributed by atoms with E-state index in [1.807, 2.05) is 6.07 Å². The van der Waals surface area contributed by atoms with Crippen LogP contribution >= 0.6 is 11.6 Å². The first-order valence-corrected chi connectivity index (χ1v) is 7.01. The Hall–Kier alpha value is -1.27. The maximum Gasteiger partial charge on any atom is 0.0474 e. The number of halogens is 1. The highest BCUT2D eigenvalue weighted by Crippen LogP contribution is 2.06. The van der Waals surface area contributed by atoms with Crippen LogP contribution in [0.2, 0.25) is 0 Å². The van der Waals surface area contributed by atoms with Gasteiger partial charge >= 0.3 is 0 Å². The Morgan fingerprint density at radius 3 is 1.50 bits per heavy atom. The fraction of sp³-hybridized carbons (Fsp3) is 0.294. The van der Waals surface area contributed by atoms with E-state index in [1.165, 1.54) is 16.7 Å². The molecule has 0 bridgehead atoms. The van der Waals surface area contributed by atoms with Gasteiger partial charge in [-0.25, -0.2) is 0 Å². The molecule has 0 saturated heterocycles. The fourth-order valence-corrected chi connectivity index (χ4v) is 1.76. The topological polar surface area (TPSA) is 0 Å². The second-order valence-corrected chi connectivity index (χ2v) is 4.41. The number of benzene rings is 2. The summed E-state index contributed by atoms with van der Waals surface area (Å²) >= 11 is 5.62. The molecule has 0 unspecified atom stereocenters. The minimum Gasteiger partial charge on any atom is -0.122 e. The molecule has 0 aromatic heterocycles. The lowest BCUT2D eigenvalue weighted by Crippen LogP contribution is -1.80. The van der Waals surface area contributed by atoms with Crippen LogP contribution in [-0.2, 0) is 18.7 Å². The van der Waals surface area contributed by atoms with Crippen LogP contribution in [0.15, 0.2) is 54.6 Å². The van der Waals surface area contributed by atoms with Gasteiger partial charge in [-0.2, -0.15) is 0 Å². The molecule has 0 N–H and O–H groups in total. The van der Waals surface area contributed by atoms with Gasteiger partial charge in [0.05, 0.1) is 0 Å². The molecule has 0 spiro atoms. The molecule has 0 aliphatic carbocycles. The molecule has 0 aliphatic rings. The fourth-order valence-electron chi connectivity index (χ4n) is 1.58. The molecule has 0 nitrogen and oxygen atoms in total. The first-order chi connectivity index (χ1) is 8.80. The third-order valence-electron chi connectivity index (χ3n) is 2.84. The Labute approximate surface area is 116 Å². The highest BCUT2D eigenvalue weighted by Gasteiger charge is 1.89. The summed E-state index contributed by atoms with van der Waals surface area (Å²) in [6.07, 6.45) is 2.24. The monoisotopic (exact) mass is 260 g/mol. The number of hydrogen-bond donors (Lipinski definition) is 0. The predicted octanol–water partition coefficient (Wildman–Crippen LogP) is 5.24. The van der Waals surface area contributed by atoms with Crippen molar-refractivity contribution in [3.63, 3.8) is 0 Å². The van der Waals surface area contributed by atoms with E-state index in [1.54, 1.807) is 0 Å². The second kappa shape index (κ2) is 8.77. The maximum atomic E-state index is 5.62. The number of hydrogen-bond acceptors (Lipinski definition) is 0. The lowest BCUT2D eigenvalue weighted by Gasteiger charge is -1.96. The van der Waals surface area contributed by atoms with Crippen LogP contribution in [-0.4, -0.2) is 0 Å². The maximum absolute atomic E-state index is 5.62. The molecule has 1 heteroatoms. The van der Waals surface area contributed by atoms with Crippen LogP contribution in [0.3, 0.4) is 0 Å². The molecule has 0 amide bonds. The Morgan fingerprint density at radius 2 is 1.11 bits per heavy atom. The van der Waals surface area contributed by atoms with Gasteiger partial charge in [0.1, 0.15) is 0 Å². The van der Waals surface area contributed by atoms with E-state index >= 15 is 0 Å². The third-order valence-corrected chi connectivity index (χ3v) is 3.15. The van der Waals surface area contributed by atoms with Crippen molar-refractivity contribution in [1.29, 1.82) is 0 Å². The Balaban J connectivity index is 0.000000184. The van der Waals surface area contributed by atoms with Crippen molar-refractivity contribution in [2.75, 3.05) is 0 Å². The molecule has 0 radical (unpaired) electrons. The van der Waals surface area contributed by atoms with E-state index in [0.29, 0.717) is 5.88 Å². The van der Waals surface area contributed by atoms with Gasteiger partial charge in [0.25, 0.3) is 0 Å². The summed E-state index contributed by atoms with van der Waals surface area (Å²) in [7, 11) is 0.